The molecule has 2 heterocycles. The SMILES string of the molecule is CC(C)(C)[C@H]1CCc2c(C(=O)N/N=C/c3ccc(Cl)s3)csc2C1. The highest BCUT2D eigenvalue weighted by molar-refractivity contribution is 7.17. The number of carbonyl (C=O) groups is 1. The molecule has 2 aromatic rings. The van der Waals surface area contributed by atoms with Crippen LogP contribution < -0.4 is 5.43 Å². The fraction of sp³-hybridized carbons (Fsp3) is 0.444. The average Bonchev–Trinajstić information content (AvgIpc) is 3.11. The molecule has 3 nitrogen and oxygen atoms in total. The first kappa shape index (κ1) is 17.6. The number of hydrogen-bond acceptors (Lipinski definition) is 4. The Morgan fingerprint density at radius 2 is 2.21 bits per heavy atom. The Kier molecular flexibility index (Phi) is 5.13. The van der Waals surface area contributed by atoms with Crippen molar-refractivity contribution in [3.05, 3.63) is 42.7 Å². The molecule has 0 spiro atoms. The number of amides is 1. The summed E-state index contributed by atoms with van der Waals surface area (Å²) in [5.41, 5.74) is 4.95. The molecule has 0 saturated heterocycles. The predicted molar refractivity (Wildman–Crippen MR) is 104 cm³/mol. The molecule has 1 aliphatic rings. The first-order valence-corrected chi connectivity index (χ1v) is 10.1. The summed E-state index contributed by atoms with van der Waals surface area (Å²) in [6, 6.07) is 3.69. The van der Waals surface area contributed by atoms with E-state index in [-0.39, 0.29) is 5.91 Å². The number of nitrogens with zero attached hydrogens (tertiary/aromatic N) is 1. The van der Waals surface area contributed by atoms with Gasteiger partial charge in [-0.05, 0) is 48.3 Å². The zero-order valence-electron chi connectivity index (χ0n) is 14.1. The number of nitrogens with one attached hydrogen (secondary N) is 1. The van der Waals surface area contributed by atoms with Crippen molar-refractivity contribution in [3.8, 4) is 0 Å². The predicted octanol–water partition coefficient (Wildman–Crippen LogP) is 5.38. The van der Waals surface area contributed by atoms with Crippen molar-refractivity contribution in [3.63, 3.8) is 0 Å². The second-order valence-electron chi connectivity index (χ2n) is 7.20. The minimum Gasteiger partial charge on any atom is -0.267 e. The Hall–Kier alpha value is -1.17. The van der Waals surface area contributed by atoms with Gasteiger partial charge < -0.3 is 0 Å². The molecule has 3 rings (SSSR count). The van der Waals surface area contributed by atoms with Gasteiger partial charge in [-0.15, -0.1) is 22.7 Å². The second-order valence-corrected chi connectivity index (χ2v) is 9.91. The van der Waals surface area contributed by atoms with Crippen LogP contribution in [0.1, 0.15) is 52.9 Å². The Bertz CT molecular complexity index is 770. The molecule has 0 radical (unpaired) electrons. The number of hydrazone groups is 1. The van der Waals surface area contributed by atoms with Gasteiger partial charge in [0.05, 0.1) is 16.1 Å². The lowest BCUT2D eigenvalue weighted by Gasteiger charge is -2.33. The van der Waals surface area contributed by atoms with Gasteiger partial charge in [0.2, 0.25) is 0 Å². The van der Waals surface area contributed by atoms with Gasteiger partial charge in [-0.25, -0.2) is 5.43 Å². The summed E-state index contributed by atoms with van der Waals surface area (Å²) in [5, 5.41) is 6.02. The minimum absolute atomic E-state index is 0.124. The molecule has 1 atom stereocenters. The third-order valence-corrected chi connectivity index (χ3v) is 6.79. The summed E-state index contributed by atoms with van der Waals surface area (Å²) in [4.78, 5) is 14.7. The number of carbonyl (C=O) groups excluding carboxylic acids is 1. The fourth-order valence-corrected chi connectivity index (χ4v) is 5.15. The number of fused-ring (bicyclic) bond motifs is 1. The van der Waals surface area contributed by atoms with Gasteiger partial charge in [-0.2, -0.15) is 5.10 Å². The summed E-state index contributed by atoms with van der Waals surface area (Å²) in [5.74, 6) is 0.557. The van der Waals surface area contributed by atoms with Crippen LogP contribution in [0.25, 0.3) is 0 Å². The normalized spacial score (nSPS) is 17.9. The maximum absolute atomic E-state index is 12.4. The Balaban J connectivity index is 1.67. The molecule has 6 heteroatoms. The first-order valence-electron chi connectivity index (χ1n) is 8.02. The zero-order valence-corrected chi connectivity index (χ0v) is 16.4. The maximum atomic E-state index is 12.4. The van der Waals surface area contributed by atoms with Crippen molar-refractivity contribution >= 4 is 46.4 Å². The third kappa shape index (κ3) is 3.90. The summed E-state index contributed by atoms with van der Waals surface area (Å²) in [6.07, 6.45) is 4.83. The van der Waals surface area contributed by atoms with Gasteiger partial charge >= 0.3 is 0 Å². The standard InChI is InChI=1S/C18H21ClN2OS2/c1-18(2,3)11-4-6-13-14(10-23-15(13)8-11)17(22)21-20-9-12-5-7-16(19)24-12/h5,7,9-11H,4,6,8H2,1-3H3,(H,21,22)/b20-9+/t11-/m0/s1. The van der Waals surface area contributed by atoms with Gasteiger partial charge in [0.25, 0.3) is 5.91 Å². The van der Waals surface area contributed by atoms with Crippen LogP contribution in [0.4, 0.5) is 0 Å². The van der Waals surface area contributed by atoms with Crippen molar-refractivity contribution in [2.45, 2.75) is 40.0 Å². The van der Waals surface area contributed by atoms with Crippen LogP contribution >= 0.6 is 34.3 Å². The van der Waals surface area contributed by atoms with Crippen LogP contribution in [-0.2, 0) is 12.8 Å². The number of hydrogen-bond donors (Lipinski definition) is 1. The maximum Gasteiger partial charge on any atom is 0.272 e. The topological polar surface area (TPSA) is 41.5 Å². The van der Waals surface area contributed by atoms with Gasteiger partial charge in [-0.3, -0.25) is 4.79 Å². The largest absolute Gasteiger partial charge is 0.272 e. The molecule has 0 bridgehead atoms. The molecular weight excluding hydrogens is 360 g/mol. The molecule has 0 aromatic carbocycles. The van der Waals surface area contributed by atoms with E-state index in [1.807, 2.05) is 17.5 Å². The summed E-state index contributed by atoms with van der Waals surface area (Å²) in [6.45, 7) is 6.90. The van der Waals surface area contributed by atoms with E-state index in [0.29, 0.717) is 15.7 Å². The Labute approximate surface area is 155 Å². The molecule has 0 saturated carbocycles. The van der Waals surface area contributed by atoms with Crippen LogP contribution in [0.2, 0.25) is 4.34 Å². The van der Waals surface area contributed by atoms with E-state index in [2.05, 4.69) is 31.3 Å². The summed E-state index contributed by atoms with van der Waals surface area (Å²) in [7, 11) is 0. The number of halogens is 1. The van der Waals surface area contributed by atoms with E-state index in [4.69, 9.17) is 11.6 Å². The molecule has 24 heavy (non-hydrogen) atoms. The fourth-order valence-electron chi connectivity index (χ4n) is 3.05. The number of rotatable bonds is 3. The smallest absolute Gasteiger partial charge is 0.267 e. The van der Waals surface area contributed by atoms with Gasteiger partial charge in [0, 0.05) is 15.1 Å². The molecule has 0 unspecified atom stereocenters. The van der Waals surface area contributed by atoms with Gasteiger partial charge in [0.1, 0.15) is 0 Å². The van der Waals surface area contributed by atoms with E-state index in [0.717, 1.165) is 29.7 Å². The van der Waals surface area contributed by atoms with Crippen LogP contribution in [0, 0.1) is 11.3 Å². The molecule has 128 valence electrons. The highest BCUT2D eigenvalue weighted by atomic mass is 35.5. The average molecular weight is 381 g/mol. The van der Waals surface area contributed by atoms with Crippen molar-refractivity contribution in [2.24, 2.45) is 16.4 Å². The number of thiophene rings is 2. The minimum atomic E-state index is -0.124. The van der Waals surface area contributed by atoms with Gasteiger partial charge in [-0.1, -0.05) is 32.4 Å². The van der Waals surface area contributed by atoms with E-state index >= 15 is 0 Å². The molecule has 1 N–H and O–H groups in total. The van der Waals surface area contributed by atoms with E-state index < -0.39 is 0 Å². The monoisotopic (exact) mass is 380 g/mol. The lowest BCUT2D eigenvalue weighted by atomic mass is 9.72. The molecule has 0 fully saturated rings. The van der Waals surface area contributed by atoms with E-state index in [1.165, 1.54) is 21.8 Å². The van der Waals surface area contributed by atoms with E-state index in [9.17, 15) is 4.79 Å². The zero-order chi connectivity index (χ0) is 17.3. The molecule has 0 aliphatic heterocycles. The highest BCUT2D eigenvalue weighted by Crippen LogP contribution is 2.40. The summed E-state index contributed by atoms with van der Waals surface area (Å²) < 4.78 is 0.711. The van der Waals surface area contributed by atoms with Crippen molar-refractivity contribution in [1.82, 2.24) is 5.43 Å². The molecule has 2 aromatic heterocycles. The lowest BCUT2D eigenvalue weighted by Crippen LogP contribution is -2.27. The van der Waals surface area contributed by atoms with Crippen LogP contribution in [0.15, 0.2) is 22.6 Å². The summed E-state index contributed by atoms with van der Waals surface area (Å²) >= 11 is 9.01. The van der Waals surface area contributed by atoms with Crippen LogP contribution in [-0.4, -0.2) is 12.1 Å². The lowest BCUT2D eigenvalue weighted by molar-refractivity contribution is 0.0954. The van der Waals surface area contributed by atoms with E-state index in [1.54, 1.807) is 17.6 Å². The second kappa shape index (κ2) is 6.98. The molecule has 1 aliphatic carbocycles. The van der Waals surface area contributed by atoms with Crippen molar-refractivity contribution in [1.29, 1.82) is 0 Å². The first-order chi connectivity index (χ1) is 11.3. The van der Waals surface area contributed by atoms with Gasteiger partial charge in [0.15, 0.2) is 0 Å². The van der Waals surface area contributed by atoms with Crippen LogP contribution in [0.5, 0.6) is 0 Å². The highest BCUT2D eigenvalue weighted by Gasteiger charge is 2.31. The van der Waals surface area contributed by atoms with Crippen molar-refractivity contribution < 1.29 is 4.79 Å². The molecular formula is C18H21ClN2OS2. The quantitative estimate of drug-likeness (QED) is 0.563. The van der Waals surface area contributed by atoms with Crippen LogP contribution in [0.3, 0.4) is 0 Å². The Morgan fingerprint density at radius 1 is 1.42 bits per heavy atom. The third-order valence-electron chi connectivity index (χ3n) is 4.58. The Morgan fingerprint density at radius 3 is 2.88 bits per heavy atom. The van der Waals surface area contributed by atoms with Crippen molar-refractivity contribution in [2.75, 3.05) is 0 Å². The molecule has 1 amide bonds.